The topological polar surface area (TPSA) is 12.0 Å². The van der Waals surface area contributed by atoms with E-state index in [2.05, 4.69) is 51.2 Å². The Morgan fingerprint density at radius 2 is 1.77 bits per heavy atom. The number of anilines is 1. The van der Waals surface area contributed by atoms with Gasteiger partial charge in [0.25, 0.3) is 0 Å². The minimum absolute atomic E-state index is 0.213. The maximum absolute atomic E-state index is 3.23. The highest BCUT2D eigenvalue weighted by Crippen LogP contribution is 2.29. The van der Waals surface area contributed by atoms with Gasteiger partial charge in [0, 0.05) is 12.7 Å². The summed E-state index contributed by atoms with van der Waals surface area (Å²) in [5.74, 6) is 0. The summed E-state index contributed by atoms with van der Waals surface area (Å²) in [4.78, 5) is 0. The van der Waals surface area contributed by atoms with Crippen molar-refractivity contribution in [1.82, 2.24) is 0 Å². The molecule has 0 fully saturated rings. The van der Waals surface area contributed by atoms with Gasteiger partial charge in [0.15, 0.2) is 0 Å². The van der Waals surface area contributed by atoms with E-state index in [0.29, 0.717) is 0 Å². The summed E-state index contributed by atoms with van der Waals surface area (Å²) in [5.41, 5.74) is 4.15. The molecule has 0 aliphatic rings. The van der Waals surface area contributed by atoms with Crippen LogP contribution in [-0.4, -0.2) is 7.05 Å². The third-order valence-corrected chi connectivity index (χ3v) is 2.25. The summed E-state index contributed by atoms with van der Waals surface area (Å²) < 4.78 is 0. The molecule has 1 rings (SSSR count). The van der Waals surface area contributed by atoms with E-state index in [9.17, 15) is 0 Å². The van der Waals surface area contributed by atoms with Gasteiger partial charge in [-0.05, 0) is 24.0 Å². The van der Waals surface area contributed by atoms with Crippen molar-refractivity contribution in [3.8, 4) is 0 Å². The van der Waals surface area contributed by atoms with Gasteiger partial charge in [-0.15, -0.1) is 0 Å². The minimum atomic E-state index is 0.213. The predicted molar refractivity (Wildman–Crippen MR) is 59.4 cm³/mol. The van der Waals surface area contributed by atoms with Crippen LogP contribution < -0.4 is 5.32 Å². The number of hydrogen-bond donors (Lipinski definition) is 1. The van der Waals surface area contributed by atoms with Crippen LogP contribution in [0.3, 0.4) is 0 Å². The van der Waals surface area contributed by atoms with E-state index >= 15 is 0 Å². The molecule has 1 aromatic carbocycles. The average Bonchev–Trinajstić information content (AvgIpc) is 2.03. The first-order valence-corrected chi connectivity index (χ1v) is 4.74. The summed E-state index contributed by atoms with van der Waals surface area (Å²) in [6.07, 6.45) is 0. The summed E-state index contributed by atoms with van der Waals surface area (Å²) in [7, 11) is 1.97. The fourth-order valence-corrected chi connectivity index (χ4v) is 1.50. The number of aryl methyl sites for hydroxylation is 1. The van der Waals surface area contributed by atoms with Crippen molar-refractivity contribution in [2.24, 2.45) is 0 Å². The summed E-state index contributed by atoms with van der Waals surface area (Å²) in [5, 5.41) is 3.23. The van der Waals surface area contributed by atoms with E-state index in [-0.39, 0.29) is 5.41 Å². The molecule has 0 unspecified atom stereocenters. The van der Waals surface area contributed by atoms with Crippen LogP contribution >= 0.6 is 0 Å². The number of nitrogens with one attached hydrogen (secondary N) is 1. The summed E-state index contributed by atoms with van der Waals surface area (Å²) >= 11 is 0. The molecule has 0 bridgehead atoms. The lowest BCUT2D eigenvalue weighted by molar-refractivity contribution is 0.591. The maximum atomic E-state index is 3.23. The molecule has 72 valence electrons. The van der Waals surface area contributed by atoms with E-state index < -0.39 is 0 Å². The van der Waals surface area contributed by atoms with Crippen LogP contribution in [0.4, 0.5) is 5.69 Å². The van der Waals surface area contributed by atoms with Crippen molar-refractivity contribution >= 4 is 5.69 Å². The van der Waals surface area contributed by atoms with Crippen LogP contribution in [-0.2, 0) is 5.41 Å². The molecule has 0 atom stereocenters. The zero-order chi connectivity index (χ0) is 10.1. The Morgan fingerprint density at radius 1 is 1.15 bits per heavy atom. The van der Waals surface area contributed by atoms with E-state index in [4.69, 9.17) is 0 Å². The number of hydrogen-bond acceptors (Lipinski definition) is 1. The van der Waals surface area contributed by atoms with Gasteiger partial charge < -0.3 is 5.32 Å². The lowest BCUT2D eigenvalue weighted by Crippen LogP contribution is -2.14. The third-order valence-electron chi connectivity index (χ3n) is 2.25. The SMILES string of the molecule is CNc1ccc(C)cc1C(C)(C)C. The van der Waals surface area contributed by atoms with Gasteiger partial charge in [-0.2, -0.15) is 0 Å². The molecule has 0 aliphatic heterocycles. The number of benzene rings is 1. The molecule has 13 heavy (non-hydrogen) atoms. The highest BCUT2D eigenvalue weighted by molar-refractivity contribution is 5.55. The van der Waals surface area contributed by atoms with Gasteiger partial charge >= 0.3 is 0 Å². The van der Waals surface area contributed by atoms with Crippen LogP contribution in [0.15, 0.2) is 18.2 Å². The van der Waals surface area contributed by atoms with Gasteiger partial charge in [-0.1, -0.05) is 38.5 Å². The zero-order valence-electron chi connectivity index (χ0n) is 9.23. The second kappa shape index (κ2) is 3.41. The Labute approximate surface area is 81.2 Å². The van der Waals surface area contributed by atoms with Gasteiger partial charge in [-0.25, -0.2) is 0 Å². The molecule has 0 aliphatic carbocycles. The van der Waals surface area contributed by atoms with Crippen molar-refractivity contribution in [2.75, 3.05) is 12.4 Å². The predicted octanol–water partition coefficient (Wildman–Crippen LogP) is 3.33. The number of rotatable bonds is 1. The van der Waals surface area contributed by atoms with E-state index in [1.165, 1.54) is 16.8 Å². The van der Waals surface area contributed by atoms with Crippen molar-refractivity contribution in [1.29, 1.82) is 0 Å². The first-order chi connectivity index (χ1) is 5.95. The molecule has 0 saturated carbocycles. The van der Waals surface area contributed by atoms with Crippen LogP contribution in [0.1, 0.15) is 31.9 Å². The highest BCUT2D eigenvalue weighted by atomic mass is 14.8. The van der Waals surface area contributed by atoms with E-state index in [1.807, 2.05) is 7.05 Å². The second-order valence-corrected chi connectivity index (χ2v) is 4.55. The van der Waals surface area contributed by atoms with Crippen molar-refractivity contribution in [3.05, 3.63) is 29.3 Å². The van der Waals surface area contributed by atoms with Gasteiger partial charge in [-0.3, -0.25) is 0 Å². The standard InChI is InChI=1S/C12H19N/c1-9-6-7-11(13-5)10(8-9)12(2,3)4/h6-8,13H,1-5H3. The van der Waals surface area contributed by atoms with E-state index in [0.717, 1.165) is 0 Å². The third kappa shape index (κ3) is 2.24. The highest BCUT2D eigenvalue weighted by Gasteiger charge is 2.17. The molecule has 0 amide bonds. The minimum Gasteiger partial charge on any atom is -0.388 e. The van der Waals surface area contributed by atoms with Gasteiger partial charge in [0.2, 0.25) is 0 Å². The average molecular weight is 177 g/mol. The normalized spacial score (nSPS) is 11.5. The second-order valence-electron chi connectivity index (χ2n) is 4.55. The lowest BCUT2D eigenvalue weighted by Gasteiger charge is -2.23. The molecular weight excluding hydrogens is 158 g/mol. The lowest BCUT2D eigenvalue weighted by atomic mass is 9.85. The molecule has 0 aromatic heterocycles. The Kier molecular flexibility index (Phi) is 2.65. The fraction of sp³-hybridized carbons (Fsp3) is 0.500. The van der Waals surface area contributed by atoms with Crippen LogP contribution in [0.25, 0.3) is 0 Å². The van der Waals surface area contributed by atoms with Crippen LogP contribution in [0, 0.1) is 6.92 Å². The van der Waals surface area contributed by atoms with Crippen molar-refractivity contribution in [2.45, 2.75) is 33.1 Å². The van der Waals surface area contributed by atoms with Gasteiger partial charge in [0.05, 0.1) is 0 Å². The molecule has 0 spiro atoms. The summed E-state index contributed by atoms with van der Waals surface area (Å²) in [6, 6.07) is 6.54. The molecular formula is C12H19N. The Balaban J connectivity index is 3.24. The first-order valence-electron chi connectivity index (χ1n) is 4.74. The smallest absolute Gasteiger partial charge is 0.0375 e. The summed E-state index contributed by atoms with van der Waals surface area (Å²) in [6.45, 7) is 8.85. The van der Waals surface area contributed by atoms with Crippen molar-refractivity contribution in [3.63, 3.8) is 0 Å². The molecule has 0 saturated heterocycles. The zero-order valence-corrected chi connectivity index (χ0v) is 9.23. The Morgan fingerprint density at radius 3 is 2.23 bits per heavy atom. The molecule has 0 heterocycles. The van der Waals surface area contributed by atoms with E-state index in [1.54, 1.807) is 0 Å². The first kappa shape index (κ1) is 10.1. The van der Waals surface area contributed by atoms with Crippen molar-refractivity contribution < 1.29 is 0 Å². The van der Waals surface area contributed by atoms with Gasteiger partial charge in [0.1, 0.15) is 0 Å². The largest absolute Gasteiger partial charge is 0.388 e. The molecule has 1 aromatic rings. The van der Waals surface area contributed by atoms with Crippen LogP contribution in [0.5, 0.6) is 0 Å². The Hall–Kier alpha value is -0.980. The monoisotopic (exact) mass is 177 g/mol. The van der Waals surface area contributed by atoms with Crippen LogP contribution in [0.2, 0.25) is 0 Å². The quantitative estimate of drug-likeness (QED) is 0.693. The molecule has 1 heteroatoms. The Bertz CT molecular complexity index is 294. The molecule has 0 radical (unpaired) electrons. The molecule has 1 nitrogen and oxygen atoms in total. The molecule has 1 N–H and O–H groups in total. The fourth-order valence-electron chi connectivity index (χ4n) is 1.50. The maximum Gasteiger partial charge on any atom is 0.0375 e.